The topological polar surface area (TPSA) is 69.6 Å². The van der Waals surface area contributed by atoms with E-state index in [9.17, 15) is 19.4 Å². The van der Waals surface area contributed by atoms with Crippen molar-refractivity contribution in [2.24, 2.45) is 46.3 Å². The Bertz CT molecular complexity index is 938. The summed E-state index contributed by atoms with van der Waals surface area (Å²) >= 11 is 0. The number of rotatable bonds is 5. The van der Waals surface area contributed by atoms with Crippen LogP contribution in [-0.4, -0.2) is 28.3 Å². The van der Waals surface area contributed by atoms with Gasteiger partial charge in [-0.3, -0.25) is 4.79 Å². The molecule has 0 radical (unpaired) electrons. The summed E-state index contributed by atoms with van der Waals surface area (Å²) in [4.78, 5) is 12.5. The van der Waals surface area contributed by atoms with E-state index in [2.05, 4.69) is 26.1 Å². The lowest BCUT2D eigenvalue weighted by Crippen LogP contribution is -2.58. The van der Waals surface area contributed by atoms with Crippen LogP contribution in [0, 0.1) is 52.2 Å². The number of aliphatic hydroxyl groups is 2. The number of halogens is 1. The summed E-state index contributed by atoms with van der Waals surface area (Å²) in [6.07, 6.45) is 9.37. The van der Waals surface area contributed by atoms with Gasteiger partial charge in [0.2, 0.25) is 5.91 Å². The number of amides is 1. The van der Waals surface area contributed by atoms with Crippen molar-refractivity contribution >= 4 is 11.6 Å². The van der Waals surface area contributed by atoms with E-state index < -0.39 is 0 Å². The van der Waals surface area contributed by atoms with Gasteiger partial charge in [-0.15, -0.1) is 0 Å². The Morgan fingerprint density at radius 1 is 1.11 bits per heavy atom. The first-order chi connectivity index (χ1) is 16.6. The molecule has 5 heteroatoms. The highest BCUT2D eigenvalue weighted by Gasteiger charge is 2.63. The first kappa shape index (κ1) is 25.2. The van der Waals surface area contributed by atoms with E-state index in [-0.39, 0.29) is 34.8 Å². The van der Waals surface area contributed by atoms with Gasteiger partial charge in [-0.25, -0.2) is 4.39 Å². The highest BCUT2D eigenvalue weighted by molar-refractivity contribution is 5.90. The number of carbonyl (C=O) groups is 1. The minimum absolute atomic E-state index is 0.0721. The van der Waals surface area contributed by atoms with E-state index in [1.807, 2.05) is 0 Å². The molecule has 0 aromatic heterocycles. The van der Waals surface area contributed by atoms with Crippen LogP contribution >= 0.6 is 0 Å². The Morgan fingerprint density at radius 3 is 2.69 bits per heavy atom. The molecule has 0 bridgehead atoms. The van der Waals surface area contributed by atoms with Crippen LogP contribution in [0.25, 0.3) is 0 Å². The van der Waals surface area contributed by atoms with E-state index in [0.29, 0.717) is 47.6 Å². The maximum atomic E-state index is 13.4. The molecule has 0 aliphatic heterocycles. The van der Waals surface area contributed by atoms with Gasteiger partial charge in [-0.2, -0.15) is 0 Å². The number of hydrogen-bond donors (Lipinski definition) is 3. The van der Waals surface area contributed by atoms with Gasteiger partial charge >= 0.3 is 0 Å². The number of carbonyl (C=O) groups excluding carboxylic acids is 1. The van der Waals surface area contributed by atoms with Gasteiger partial charge in [0.25, 0.3) is 0 Å². The van der Waals surface area contributed by atoms with Crippen LogP contribution in [0.4, 0.5) is 10.1 Å². The number of anilines is 1. The molecule has 1 aromatic carbocycles. The quantitative estimate of drug-likeness (QED) is 0.467. The maximum Gasteiger partial charge on any atom is 0.224 e. The molecule has 35 heavy (non-hydrogen) atoms. The molecule has 4 aliphatic carbocycles. The molecule has 5 rings (SSSR count). The number of benzene rings is 1. The minimum atomic E-state index is -0.349. The lowest BCUT2D eigenvalue weighted by atomic mass is 9.43. The molecular weight excluding hydrogens is 441 g/mol. The van der Waals surface area contributed by atoms with E-state index in [4.69, 9.17) is 0 Å². The Morgan fingerprint density at radius 2 is 1.91 bits per heavy atom. The molecule has 0 heterocycles. The van der Waals surface area contributed by atoms with Crippen molar-refractivity contribution in [1.82, 2.24) is 0 Å². The Hall–Kier alpha value is -1.46. The normalized spacial score (nSPS) is 43.5. The summed E-state index contributed by atoms with van der Waals surface area (Å²) in [6, 6.07) is 6.04. The molecule has 4 fully saturated rings. The number of fused-ring (bicyclic) bond motifs is 5. The van der Waals surface area contributed by atoms with Crippen LogP contribution in [0.5, 0.6) is 0 Å². The second kappa shape index (κ2) is 9.45. The lowest BCUT2D eigenvalue weighted by molar-refractivity contribution is -0.174. The summed E-state index contributed by atoms with van der Waals surface area (Å²) in [7, 11) is 0. The second-order valence-electron chi connectivity index (χ2n) is 13.0. The Kier molecular flexibility index (Phi) is 6.80. The number of nitrogens with one attached hydrogen (secondary N) is 1. The molecule has 0 spiro atoms. The van der Waals surface area contributed by atoms with Crippen molar-refractivity contribution in [3.05, 3.63) is 30.1 Å². The van der Waals surface area contributed by atoms with Gasteiger partial charge in [0.1, 0.15) is 5.82 Å². The van der Waals surface area contributed by atoms with E-state index in [0.717, 1.165) is 38.5 Å². The largest absolute Gasteiger partial charge is 0.393 e. The molecule has 4 nitrogen and oxygen atoms in total. The zero-order chi connectivity index (χ0) is 25.0. The molecule has 4 aliphatic rings. The van der Waals surface area contributed by atoms with Crippen molar-refractivity contribution < 1.29 is 19.4 Å². The molecule has 1 aromatic rings. The fourth-order valence-electron chi connectivity index (χ4n) is 9.51. The Balaban J connectivity index is 1.25. The summed E-state index contributed by atoms with van der Waals surface area (Å²) in [5.41, 5.74) is 0.670. The minimum Gasteiger partial charge on any atom is -0.393 e. The van der Waals surface area contributed by atoms with Gasteiger partial charge in [0.15, 0.2) is 0 Å². The average molecular weight is 486 g/mol. The molecular formula is C30H44FNO3. The predicted molar refractivity (Wildman–Crippen MR) is 136 cm³/mol. The molecule has 0 unspecified atom stereocenters. The molecule has 194 valence electrons. The summed E-state index contributed by atoms with van der Waals surface area (Å²) in [6.45, 7) is 7.06. The summed E-state index contributed by atoms with van der Waals surface area (Å²) in [5, 5.41) is 24.8. The Labute approximate surface area is 210 Å². The second-order valence-corrected chi connectivity index (χ2v) is 13.0. The highest BCUT2D eigenvalue weighted by Crippen LogP contribution is 2.68. The third kappa shape index (κ3) is 4.35. The lowest BCUT2D eigenvalue weighted by Gasteiger charge is -2.62. The standard InChI is InChI=1S/C30H44FNO3/c1-18(7-12-28(35)32-21-6-4-5-20(31)16-21)24-10-11-25-23-9-8-19-15-22(33)13-14-29(19,2)26(23)17-27(34)30(24,25)3/h4-6,16,18-19,22-27,33-34H,7-15,17H2,1-3H3,(H,32,35)/t18-,19-,22-,23+,24-,25+,26+,27+,29+,30-/m1/s1. The van der Waals surface area contributed by atoms with Crippen LogP contribution in [0.3, 0.4) is 0 Å². The smallest absolute Gasteiger partial charge is 0.224 e. The zero-order valence-corrected chi connectivity index (χ0v) is 21.7. The first-order valence-corrected chi connectivity index (χ1v) is 14.0. The van der Waals surface area contributed by atoms with Crippen LogP contribution in [0.1, 0.15) is 85.0 Å². The van der Waals surface area contributed by atoms with Crippen molar-refractivity contribution in [3.8, 4) is 0 Å². The zero-order valence-electron chi connectivity index (χ0n) is 21.7. The molecule has 1 amide bonds. The highest BCUT2D eigenvalue weighted by atomic mass is 19.1. The van der Waals surface area contributed by atoms with E-state index in [1.54, 1.807) is 12.1 Å². The predicted octanol–water partition coefficient (Wildman–Crippen LogP) is 6.17. The average Bonchev–Trinajstić information content (AvgIpc) is 3.17. The molecule has 0 saturated heterocycles. The first-order valence-electron chi connectivity index (χ1n) is 14.0. The number of hydrogen-bond acceptors (Lipinski definition) is 3. The number of aliphatic hydroxyl groups excluding tert-OH is 2. The SMILES string of the molecule is C[C@H](CCC(=O)Nc1cccc(F)c1)[C@H]1CC[C@H]2[C@@H]3CC[C@@H]4C[C@H](O)CC[C@]4(C)[C@H]3C[C@H](O)[C@]12C. The van der Waals surface area contributed by atoms with Gasteiger partial charge in [-0.05, 0) is 122 Å². The van der Waals surface area contributed by atoms with Crippen LogP contribution in [0.2, 0.25) is 0 Å². The van der Waals surface area contributed by atoms with Crippen molar-refractivity contribution in [2.75, 3.05) is 5.32 Å². The fourth-order valence-corrected chi connectivity index (χ4v) is 9.51. The summed E-state index contributed by atoms with van der Waals surface area (Å²) in [5.74, 6) is 2.73. The van der Waals surface area contributed by atoms with Gasteiger partial charge < -0.3 is 15.5 Å². The third-order valence-corrected chi connectivity index (χ3v) is 11.4. The van der Waals surface area contributed by atoms with Gasteiger partial charge in [0, 0.05) is 12.1 Å². The third-order valence-electron chi connectivity index (χ3n) is 11.4. The van der Waals surface area contributed by atoms with Gasteiger partial charge in [0.05, 0.1) is 12.2 Å². The molecule has 10 atom stereocenters. The molecule has 4 saturated carbocycles. The van der Waals surface area contributed by atoms with Crippen LogP contribution < -0.4 is 5.32 Å². The molecule has 3 N–H and O–H groups in total. The van der Waals surface area contributed by atoms with Crippen LogP contribution in [-0.2, 0) is 4.79 Å². The van der Waals surface area contributed by atoms with Crippen molar-refractivity contribution in [1.29, 1.82) is 0 Å². The monoisotopic (exact) mass is 485 g/mol. The van der Waals surface area contributed by atoms with E-state index in [1.165, 1.54) is 31.4 Å². The van der Waals surface area contributed by atoms with Crippen LogP contribution in [0.15, 0.2) is 24.3 Å². The fraction of sp³-hybridized carbons (Fsp3) is 0.767. The summed E-state index contributed by atoms with van der Waals surface area (Å²) < 4.78 is 13.4. The van der Waals surface area contributed by atoms with Crippen molar-refractivity contribution in [3.63, 3.8) is 0 Å². The van der Waals surface area contributed by atoms with E-state index >= 15 is 0 Å². The maximum absolute atomic E-state index is 13.4. The van der Waals surface area contributed by atoms with Crippen molar-refractivity contribution in [2.45, 2.75) is 97.2 Å². The van der Waals surface area contributed by atoms with Gasteiger partial charge in [-0.1, -0.05) is 26.8 Å².